The second-order valence-electron chi connectivity index (χ2n) is 7.51. The van der Waals surface area contributed by atoms with Gasteiger partial charge in [0.1, 0.15) is 11.2 Å². The van der Waals surface area contributed by atoms with Gasteiger partial charge in [-0.2, -0.15) is 0 Å². The fourth-order valence-electron chi connectivity index (χ4n) is 3.56. The van der Waals surface area contributed by atoms with E-state index in [-0.39, 0.29) is 0 Å². The molecule has 0 saturated carbocycles. The van der Waals surface area contributed by atoms with Crippen LogP contribution < -0.4 is 0 Å². The minimum atomic E-state index is 0.389. The molecule has 0 saturated heterocycles. The molecule has 0 spiro atoms. The number of pyridine rings is 1. The van der Waals surface area contributed by atoms with Crippen molar-refractivity contribution in [3.05, 3.63) is 71.9 Å². The van der Waals surface area contributed by atoms with Crippen LogP contribution in [0.15, 0.2) is 65.2 Å². The summed E-state index contributed by atoms with van der Waals surface area (Å²) in [6.45, 7) is 8.84. The predicted octanol–water partition coefficient (Wildman–Crippen LogP) is 6.80. The molecule has 2 heterocycles. The molecule has 0 aliphatic rings. The van der Waals surface area contributed by atoms with Crippen LogP contribution in [0.25, 0.3) is 33.8 Å². The quantitative estimate of drug-likeness (QED) is 0.403. The van der Waals surface area contributed by atoms with Crippen molar-refractivity contribution < 1.29 is 4.42 Å². The summed E-state index contributed by atoms with van der Waals surface area (Å²) < 4.78 is 6.35. The van der Waals surface area contributed by atoms with Crippen LogP contribution in [0.5, 0.6) is 0 Å². The largest absolute Gasteiger partial charge is 0.434 e. The first-order chi connectivity index (χ1) is 13.1. The van der Waals surface area contributed by atoms with Crippen molar-refractivity contribution in [2.24, 2.45) is 0 Å². The highest BCUT2D eigenvalue weighted by Crippen LogP contribution is 2.38. The maximum Gasteiger partial charge on any atom is 0.228 e. The van der Waals surface area contributed by atoms with Crippen LogP contribution in [-0.4, -0.2) is 9.97 Å². The molecule has 27 heavy (non-hydrogen) atoms. The van der Waals surface area contributed by atoms with Crippen molar-refractivity contribution in [3.63, 3.8) is 0 Å². The monoisotopic (exact) mass is 356 g/mol. The zero-order valence-electron chi connectivity index (χ0n) is 16.2. The maximum absolute atomic E-state index is 6.35. The van der Waals surface area contributed by atoms with Crippen LogP contribution in [0.1, 0.15) is 50.7 Å². The number of oxazole rings is 1. The molecule has 3 heteroatoms. The lowest BCUT2D eigenvalue weighted by Gasteiger charge is -2.17. The molecule has 0 unspecified atom stereocenters. The second kappa shape index (κ2) is 6.99. The molecule has 4 rings (SSSR count). The molecule has 0 fully saturated rings. The van der Waals surface area contributed by atoms with Crippen LogP contribution in [0.4, 0.5) is 0 Å². The Morgan fingerprint density at radius 3 is 2.07 bits per heavy atom. The maximum atomic E-state index is 6.35. The summed E-state index contributed by atoms with van der Waals surface area (Å²) >= 11 is 0. The molecule has 0 aliphatic heterocycles. The standard InChI is InChI=1S/C24H24N2O/c1-15(2)18-11-8-12-19(16(3)4)21(18)24-26-20-13-14-25-22(23(20)27-24)17-9-6-5-7-10-17/h5-16H,1-4H3. The van der Waals surface area contributed by atoms with Crippen molar-refractivity contribution >= 4 is 11.1 Å². The summed E-state index contributed by atoms with van der Waals surface area (Å²) in [5, 5.41) is 0. The second-order valence-corrected chi connectivity index (χ2v) is 7.51. The van der Waals surface area contributed by atoms with E-state index in [1.165, 1.54) is 11.1 Å². The Kier molecular flexibility index (Phi) is 4.53. The average Bonchev–Trinajstić information content (AvgIpc) is 3.12. The van der Waals surface area contributed by atoms with Gasteiger partial charge in [-0.3, -0.25) is 4.98 Å². The van der Waals surface area contributed by atoms with E-state index in [1.54, 1.807) is 6.20 Å². The zero-order valence-corrected chi connectivity index (χ0v) is 16.2. The smallest absolute Gasteiger partial charge is 0.228 e. The Hall–Kier alpha value is -2.94. The Labute approximate surface area is 160 Å². The normalized spacial score (nSPS) is 11.6. The number of hydrogen-bond donors (Lipinski definition) is 0. The van der Waals surface area contributed by atoms with Gasteiger partial charge in [0.05, 0.1) is 0 Å². The van der Waals surface area contributed by atoms with E-state index in [4.69, 9.17) is 9.40 Å². The minimum Gasteiger partial charge on any atom is -0.434 e. The lowest BCUT2D eigenvalue weighted by Crippen LogP contribution is -1.99. The molecule has 0 amide bonds. The zero-order chi connectivity index (χ0) is 19.0. The Bertz CT molecular complexity index is 1050. The topological polar surface area (TPSA) is 38.9 Å². The third kappa shape index (κ3) is 3.14. The van der Waals surface area contributed by atoms with Gasteiger partial charge in [-0.15, -0.1) is 0 Å². The molecule has 2 aromatic heterocycles. The van der Waals surface area contributed by atoms with Crippen molar-refractivity contribution in [2.75, 3.05) is 0 Å². The molecule has 0 radical (unpaired) electrons. The fraction of sp³-hybridized carbons (Fsp3) is 0.250. The molecule has 4 aromatic rings. The molecule has 0 atom stereocenters. The van der Waals surface area contributed by atoms with Gasteiger partial charge >= 0.3 is 0 Å². The number of fused-ring (bicyclic) bond motifs is 1. The molecular weight excluding hydrogens is 332 g/mol. The summed E-state index contributed by atoms with van der Waals surface area (Å²) in [4.78, 5) is 9.41. The number of nitrogens with zero attached hydrogens (tertiary/aromatic N) is 2. The Morgan fingerprint density at radius 1 is 0.778 bits per heavy atom. The lowest BCUT2D eigenvalue weighted by molar-refractivity contribution is 0.615. The highest BCUT2D eigenvalue weighted by atomic mass is 16.3. The van der Waals surface area contributed by atoms with E-state index in [0.717, 1.165) is 27.9 Å². The van der Waals surface area contributed by atoms with Crippen LogP contribution in [0.2, 0.25) is 0 Å². The molecule has 136 valence electrons. The van der Waals surface area contributed by atoms with Crippen molar-refractivity contribution in [1.29, 1.82) is 0 Å². The van der Waals surface area contributed by atoms with E-state index >= 15 is 0 Å². The SMILES string of the molecule is CC(C)c1cccc(C(C)C)c1-c1nc2ccnc(-c3ccccc3)c2o1. The molecule has 0 N–H and O–H groups in total. The number of rotatable bonds is 4. The van der Waals surface area contributed by atoms with Crippen LogP contribution in [-0.2, 0) is 0 Å². The summed E-state index contributed by atoms with van der Waals surface area (Å²) in [5.74, 6) is 1.46. The fourth-order valence-corrected chi connectivity index (χ4v) is 3.56. The van der Waals surface area contributed by atoms with Gasteiger partial charge in [0.15, 0.2) is 5.58 Å². The van der Waals surface area contributed by atoms with Gasteiger partial charge < -0.3 is 4.42 Å². The predicted molar refractivity (Wildman–Crippen MR) is 111 cm³/mol. The number of hydrogen-bond acceptors (Lipinski definition) is 3. The van der Waals surface area contributed by atoms with Gasteiger partial charge in [0.25, 0.3) is 0 Å². The number of benzene rings is 2. The third-order valence-electron chi connectivity index (χ3n) is 4.94. The van der Waals surface area contributed by atoms with Crippen molar-refractivity contribution in [3.8, 4) is 22.7 Å². The van der Waals surface area contributed by atoms with Crippen LogP contribution in [0.3, 0.4) is 0 Å². The first-order valence-electron chi connectivity index (χ1n) is 9.50. The summed E-state index contributed by atoms with van der Waals surface area (Å²) in [5.41, 5.74) is 7.10. The molecule has 0 aliphatic carbocycles. The van der Waals surface area contributed by atoms with Gasteiger partial charge in [-0.05, 0) is 29.0 Å². The van der Waals surface area contributed by atoms with Gasteiger partial charge in [0, 0.05) is 17.3 Å². The first kappa shape index (κ1) is 17.5. The highest BCUT2D eigenvalue weighted by Gasteiger charge is 2.21. The number of aromatic nitrogens is 2. The molecular formula is C24H24N2O. The molecule has 0 bridgehead atoms. The third-order valence-corrected chi connectivity index (χ3v) is 4.94. The summed E-state index contributed by atoms with van der Waals surface area (Å²) in [7, 11) is 0. The Morgan fingerprint density at radius 2 is 1.44 bits per heavy atom. The molecule has 2 aromatic carbocycles. The summed E-state index contributed by atoms with van der Waals surface area (Å²) in [6.07, 6.45) is 1.80. The van der Waals surface area contributed by atoms with E-state index in [1.807, 2.05) is 36.4 Å². The van der Waals surface area contributed by atoms with E-state index < -0.39 is 0 Å². The van der Waals surface area contributed by atoms with E-state index in [2.05, 4.69) is 50.9 Å². The molecule has 3 nitrogen and oxygen atoms in total. The van der Waals surface area contributed by atoms with Gasteiger partial charge in [0.2, 0.25) is 5.89 Å². The van der Waals surface area contributed by atoms with E-state index in [0.29, 0.717) is 17.7 Å². The average molecular weight is 356 g/mol. The van der Waals surface area contributed by atoms with Crippen LogP contribution in [0, 0.1) is 0 Å². The Balaban J connectivity index is 1.97. The minimum absolute atomic E-state index is 0.389. The van der Waals surface area contributed by atoms with E-state index in [9.17, 15) is 0 Å². The van der Waals surface area contributed by atoms with Crippen molar-refractivity contribution in [2.45, 2.75) is 39.5 Å². The van der Waals surface area contributed by atoms with Gasteiger partial charge in [-0.1, -0.05) is 76.2 Å². The first-order valence-corrected chi connectivity index (χ1v) is 9.50. The highest BCUT2D eigenvalue weighted by molar-refractivity contribution is 5.89. The van der Waals surface area contributed by atoms with Crippen LogP contribution >= 0.6 is 0 Å². The lowest BCUT2D eigenvalue weighted by atomic mass is 9.88. The summed E-state index contributed by atoms with van der Waals surface area (Å²) in [6, 6.07) is 18.5. The van der Waals surface area contributed by atoms with Crippen molar-refractivity contribution in [1.82, 2.24) is 9.97 Å². The van der Waals surface area contributed by atoms with Gasteiger partial charge in [-0.25, -0.2) is 4.98 Å².